The summed E-state index contributed by atoms with van der Waals surface area (Å²) in [5, 5.41) is 9.64. The highest BCUT2D eigenvalue weighted by molar-refractivity contribution is 5.70. The predicted molar refractivity (Wildman–Crippen MR) is 63.2 cm³/mol. The zero-order chi connectivity index (χ0) is 14.2. The summed E-state index contributed by atoms with van der Waals surface area (Å²) in [5.41, 5.74) is 0.0192. The minimum absolute atomic E-state index is 0.112. The van der Waals surface area contributed by atoms with Gasteiger partial charge >= 0.3 is 6.18 Å². The van der Waals surface area contributed by atoms with Gasteiger partial charge in [-0.3, -0.25) is 0 Å². The molecule has 5 heteroatoms. The summed E-state index contributed by atoms with van der Waals surface area (Å²) in [6, 6.07) is 7.41. The second kappa shape index (κ2) is 4.57. The topological polar surface area (TPSA) is 20.2 Å². The summed E-state index contributed by atoms with van der Waals surface area (Å²) in [6.45, 7) is 1.39. The van der Waals surface area contributed by atoms with Crippen molar-refractivity contribution in [3.8, 4) is 16.9 Å². The third-order valence-corrected chi connectivity index (χ3v) is 2.89. The fraction of sp³-hybridized carbons (Fsp3) is 0.143. The lowest BCUT2D eigenvalue weighted by Gasteiger charge is -2.14. The van der Waals surface area contributed by atoms with E-state index in [1.54, 1.807) is 0 Å². The van der Waals surface area contributed by atoms with Gasteiger partial charge in [-0.25, -0.2) is 4.39 Å². The molecule has 0 aliphatic rings. The van der Waals surface area contributed by atoms with Crippen LogP contribution in [0.25, 0.3) is 11.1 Å². The van der Waals surface area contributed by atoms with E-state index in [1.165, 1.54) is 37.3 Å². The van der Waals surface area contributed by atoms with Gasteiger partial charge in [-0.1, -0.05) is 18.2 Å². The summed E-state index contributed by atoms with van der Waals surface area (Å²) in [6.07, 6.45) is -4.60. The Balaban J connectivity index is 2.56. The highest BCUT2D eigenvalue weighted by atomic mass is 19.4. The molecule has 2 aromatic rings. The van der Waals surface area contributed by atoms with E-state index in [1.807, 2.05) is 0 Å². The molecule has 0 heterocycles. The molecule has 0 aliphatic heterocycles. The van der Waals surface area contributed by atoms with Crippen LogP contribution in [0.3, 0.4) is 0 Å². The Hall–Kier alpha value is -2.04. The van der Waals surface area contributed by atoms with Gasteiger partial charge in [0.2, 0.25) is 0 Å². The van der Waals surface area contributed by atoms with Gasteiger partial charge in [0.25, 0.3) is 0 Å². The van der Waals surface area contributed by atoms with Gasteiger partial charge < -0.3 is 5.11 Å². The molecule has 0 amide bonds. The van der Waals surface area contributed by atoms with E-state index in [-0.39, 0.29) is 5.56 Å². The Morgan fingerprint density at radius 3 is 2.05 bits per heavy atom. The first-order valence-electron chi connectivity index (χ1n) is 5.46. The molecule has 2 aromatic carbocycles. The predicted octanol–water partition coefficient (Wildman–Crippen LogP) is 4.53. The van der Waals surface area contributed by atoms with Crippen LogP contribution >= 0.6 is 0 Å². The van der Waals surface area contributed by atoms with Gasteiger partial charge in [-0.15, -0.1) is 0 Å². The van der Waals surface area contributed by atoms with Crippen LogP contribution in [0.4, 0.5) is 17.6 Å². The second-order valence-corrected chi connectivity index (χ2v) is 4.14. The lowest BCUT2D eigenvalue weighted by molar-refractivity contribution is -0.138. The van der Waals surface area contributed by atoms with Crippen LogP contribution in [0.2, 0.25) is 0 Å². The fourth-order valence-corrected chi connectivity index (χ4v) is 1.87. The molecule has 1 nitrogen and oxygen atoms in total. The molecule has 0 fully saturated rings. The molecule has 0 unspecified atom stereocenters. The number of rotatable bonds is 1. The average Bonchev–Trinajstić information content (AvgIpc) is 2.32. The van der Waals surface area contributed by atoms with E-state index >= 15 is 0 Å². The van der Waals surface area contributed by atoms with Crippen molar-refractivity contribution in [1.82, 2.24) is 0 Å². The van der Waals surface area contributed by atoms with Crippen LogP contribution in [0.15, 0.2) is 36.4 Å². The van der Waals surface area contributed by atoms with Crippen molar-refractivity contribution in [2.75, 3.05) is 0 Å². The molecular formula is C14H10F4O. The van der Waals surface area contributed by atoms with Crippen LogP contribution in [0.1, 0.15) is 11.1 Å². The summed E-state index contributed by atoms with van der Waals surface area (Å²) < 4.78 is 50.6. The Morgan fingerprint density at radius 1 is 0.947 bits per heavy atom. The molecule has 0 saturated carbocycles. The molecule has 0 bridgehead atoms. The number of aromatic hydroxyl groups is 1. The average molecular weight is 270 g/mol. The van der Waals surface area contributed by atoms with E-state index in [2.05, 4.69) is 0 Å². The highest BCUT2D eigenvalue weighted by Gasteiger charge is 2.34. The molecule has 0 aliphatic carbocycles. The van der Waals surface area contributed by atoms with Crippen LogP contribution in [-0.4, -0.2) is 5.11 Å². The molecule has 0 saturated heterocycles. The fourth-order valence-electron chi connectivity index (χ4n) is 1.87. The van der Waals surface area contributed by atoms with Crippen molar-refractivity contribution in [1.29, 1.82) is 0 Å². The Kier molecular flexibility index (Phi) is 3.22. The summed E-state index contributed by atoms with van der Waals surface area (Å²) in [4.78, 5) is 0. The van der Waals surface area contributed by atoms with Gasteiger partial charge in [-0.05, 0) is 41.8 Å². The normalized spacial score (nSPS) is 11.6. The Labute approximate surface area is 107 Å². The van der Waals surface area contributed by atoms with Crippen molar-refractivity contribution in [3.63, 3.8) is 0 Å². The van der Waals surface area contributed by atoms with Crippen LogP contribution in [-0.2, 0) is 6.18 Å². The quantitative estimate of drug-likeness (QED) is 0.755. The first-order chi connectivity index (χ1) is 8.80. The maximum atomic E-state index is 12.8. The van der Waals surface area contributed by atoms with E-state index < -0.39 is 23.3 Å². The van der Waals surface area contributed by atoms with Gasteiger partial charge in [0, 0.05) is 0 Å². The zero-order valence-corrected chi connectivity index (χ0v) is 9.92. The summed E-state index contributed by atoms with van der Waals surface area (Å²) in [5.74, 6) is -1.23. The van der Waals surface area contributed by atoms with Crippen LogP contribution < -0.4 is 0 Å². The largest absolute Gasteiger partial charge is 0.507 e. The van der Waals surface area contributed by atoms with E-state index in [0.717, 1.165) is 6.07 Å². The summed E-state index contributed by atoms with van der Waals surface area (Å²) >= 11 is 0. The zero-order valence-electron chi connectivity index (χ0n) is 9.92. The van der Waals surface area contributed by atoms with Gasteiger partial charge in [-0.2, -0.15) is 13.2 Å². The maximum Gasteiger partial charge on any atom is 0.419 e. The molecule has 0 atom stereocenters. The first kappa shape index (κ1) is 13.4. The van der Waals surface area contributed by atoms with Crippen LogP contribution in [0.5, 0.6) is 5.75 Å². The number of benzene rings is 2. The minimum Gasteiger partial charge on any atom is -0.507 e. The maximum absolute atomic E-state index is 12.8. The number of halogens is 4. The van der Waals surface area contributed by atoms with E-state index in [9.17, 15) is 22.7 Å². The van der Waals surface area contributed by atoms with E-state index in [4.69, 9.17) is 0 Å². The van der Waals surface area contributed by atoms with Gasteiger partial charge in [0.05, 0.1) is 5.56 Å². The first-order valence-corrected chi connectivity index (χ1v) is 5.46. The Morgan fingerprint density at radius 2 is 1.53 bits per heavy atom. The molecule has 19 heavy (non-hydrogen) atoms. The SMILES string of the molecule is Cc1c(-c2ccc(F)cc2)ccc(C(F)(F)F)c1O. The lowest BCUT2D eigenvalue weighted by atomic mass is 9.97. The molecule has 0 aromatic heterocycles. The Bertz CT molecular complexity index is 600. The van der Waals surface area contributed by atoms with Crippen molar-refractivity contribution in [3.05, 3.63) is 53.3 Å². The smallest absolute Gasteiger partial charge is 0.419 e. The molecule has 0 spiro atoms. The van der Waals surface area contributed by atoms with Gasteiger partial charge in [0.15, 0.2) is 0 Å². The molecule has 2 rings (SSSR count). The van der Waals surface area contributed by atoms with Crippen molar-refractivity contribution in [2.24, 2.45) is 0 Å². The third kappa shape index (κ3) is 2.54. The lowest BCUT2D eigenvalue weighted by Crippen LogP contribution is -2.06. The molecule has 1 N–H and O–H groups in total. The standard InChI is InChI=1S/C14H10F4O/c1-8-11(9-2-4-10(15)5-3-9)6-7-12(13(8)19)14(16,17)18/h2-7,19H,1H3. The monoisotopic (exact) mass is 270 g/mol. The molecule has 100 valence electrons. The number of phenols is 1. The number of phenolic OH excluding ortho intramolecular Hbond substituents is 1. The minimum atomic E-state index is -4.60. The molecule has 0 radical (unpaired) electrons. The highest BCUT2D eigenvalue weighted by Crippen LogP contribution is 2.40. The number of hydrogen-bond donors (Lipinski definition) is 1. The molecular weight excluding hydrogens is 260 g/mol. The number of hydrogen-bond acceptors (Lipinski definition) is 1. The van der Waals surface area contributed by atoms with Crippen LogP contribution in [0, 0.1) is 12.7 Å². The van der Waals surface area contributed by atoms with Crippen molar-refractivity contribution < 1.29 is 22.7 Å². The summed E-state index contributed by atoms with van der Waals surface area (Å²) in [7, 11) is 0. The van der Waals surface area contributed by atoms with E-state index in [0.29, 0.717) is 11.1 Å². The third-order valence-electron chi connectivity index (χ3n) is 2.89. The van der Waals surface area contributed by atoms with Crippen molar-refractivity contribution in [2.45, 2.75) is 13.1 Å². The number of alkyl halides is 3. The van der Waals surface area contributed by atoms with Gasteiger partial charge in [0.1, 0.15) is 11.6 Å². The van der Waals surface area contributed by atoms with Crippen molar-refractivity contribution >= 4 is 0 Å². The second-order valence-electron chi connectivity index (χ2n) is 4.14.